The number of anilines is 3. The molecule has 1 amide bonds. The van der Waals surface area contributed by atoms with Crippen molar-refractivity contribution in [1.82, 2.24) is 25.1 Å². The first kappa shape index (κ1) is 41.0. The van der Waals surface area contributed by atoms with E-state index in [1.807, 2.05) is 41.5 Å². The predicted molar refractivity (Wildman–Crippen MR) is 201 cm³/mol. The zero-order chi connectivity index (χ0) is 39.1. The van der Waals surface area contributed by atoms with Crippen molar-refractivity contribution in [3.63, 3.8) is 0 Å². The average Bonchev–Trinajstić information content (AvgIpc) is 3.48. The third-order valence-corrected chi connectivity index (χ3v) is 10.3. The number of ether oxygens (including phenoxy) is 2. The second-order valence-corrected chi connectivity index (χ2v) is 16.5. The maximum absolute atomic E-state index is 14.0. The molecule has 1 aliphatic rings. The van der Waals surface area contributed by atoms with Crippen molar-refractivity contribution in [3.8, 4) is 11.5 Å². The number of hydrogen-bond acceptors (Lipinski definition) is 12. The maximum atomic E-state index is 14.0. The highest BCUT2D eigenvalue weighted by Gasteiger charge is 2.37. The van der Waals surface area contributed by atoms with Crippen LogP contribution in [-0.2, 0) is 29.4 Å². The first-order valence-electron chi connectivity index (χ1n) is 17.9. The van der Waals surface area contributed by atoms with Crippen LogP contribution in [0.25, 0.3) is 10.9 Å². The van der Waals surface area contributed by atoms with Crippen molar-refractivity contribution in [1.29, 1.82) is 0 Å². The van der Waals surface area contributed by atoms with Gasteiger partial charge in [-0.05, 0) is 79.0 Å². The fraction of sp³-hybridized carbons (Fsp3) is 0.514. The van der Waals surface area contributed by atoms with Gasteiger partial charge in [-0.2, -0.15) is 5.10 Å². The third kappa shape index (κ3) is 11.6. The lowest BCUT2D eigenvalue weighted by Crippen LogP contribution is -2.43. The van der Waals surface area contributed by atoms with Gasteiger partial charge in [-0.1, -0.05) is 12.5 Å². The van der Waals surface area contributed by atoms with Crippen LogP contribution in [0.3, 0.4) is 0 Å². The van der Waals surface area contributed by atoms with E-state index in [4.69, 9.17) is 23.0 Å². The van der Waals surface area contributed by atoms with Crippen LogP contribution in [0.15, 0.2) is 42.7 Å². The Morgan fingerprint density at radius 2 is 1.74 bits per heavy atom. The second kappa shape index (κ2) is 17.5. The number of rotatable bonds is 18. The topological polar surface area (TPSA) is 162 Å². The quantitative estimate of drug-likeness (QED) is 0.0662. The Labute approximate surface area is 314 Å². The first-order valence-corrected chi connectivity index (χ1v) is 19.4. The van der Waals surface area contributed by atoms with Gasteiger partial charge in [-0.25, -0.2) is 23.3 Å². The van der Waals surface area contributed by atoms with Crippen LogP contribution in [0.4, 0.5) is 26.1 Å². The van der Waals surface area contributed by atoms with Gasteiger partial charge in [-0.15, -0.1) is 0 Å². The van der Waals surface area contributed by atoms with Crippen LogP contribution in [0.1, 0.15) is 72.9 Å². The molecule has 54 heavy (non-hydrogen) atoms. The van der Waals surface area contributed by atoms with E-state index in [2.05, 4.69) is 35.7 Å². The summed E-state index contributed by atoms with van der Waals surface area (Å²) >= 11 is 0. The molecule has 1 aliphatic carbocycles. The monoisotopic (exact) mass is 773 g/mol. The van der Waals surface area contributed by atoms with E-state index in [9.17, 15) is 18.1 Å². The number of nitrogens with zero attached hydrogens (tertiary/aromatic N) is 4. The zero-order valence-corrected chi connectivity index (χ0v) is 32.7. The summed E-state index contributed by atoms with van der Waals surface area (Å²) < 4.78 is 70.2. The summed E-state index contributed by atoms with van der Waals surface area (Å²) in [5.41, 5.74) is -0.623. The van der Waals surface area contributed by atoms with Crippen molar-refractivity contribution in [2.24, 2.45) is 0 Å². The van der Waals surface area contributed by atoms with Crippen LogP contribution in [-0.4, -0.2) is 81.6 Å². The average molecular weight is 774 g/mol. The van der Waals surface area contributed by atoms with Gasteiger partial charge < -0.3 is 20.1 Å². The molecule has 294 valence electrons. The molecule has 0 saturated heterocycles. The normalized spacial score (nSPS) is 14.0. The number of aromatic nitrogens is 4. The highest BCUT2D eigenvalue weighted by Crippen LogP contribution is 2.55. The molecule has 2 aromatic heterocycles. The van der Waals surface area contributed by atoms with Crippen LogP contribution >= 0.6 is 7.82 Å². The summed E-state index contributed by atoms with van der Waals surface area (Å²) in [5, 5.41) is 13.1. The molecule has 3 N–H and O–H groups in total. The SMILES string of the molecule is COc1cc2c(Nc3cc(CC(=O)Nc4cccc(F)c4F)[nH]n3)ncnc2cc1OCCCN(CCOP(=O)(OC(C)(C)C)OC(C)(C)C)C1CCC1. The zero-order valence-electron chi connectivity index (χ0n) is 31.8. The Morgan fingerprint density at radius 1 is 1.00 bits per heavy atom. The lowest BCUT2D eigenvalue weighted by atomic mass is 9.91. The number of methoxy groups -OCH3 is 1. The van der Waals surface area contributed by atoms with Crippen LogP contribution in [0, 0.1) is 11.6 Å². The van der Waals surface area contributed by atoms with Gasteiger partial charge in [-0.3, -0.25) is 28.4 Å². The second-order valence-electron chi connectivity index (χ2n) is 15.0. The smallest absolute Gasteiger partial charge is 0.475 e. The molecule has 0 aliphatic heterocycles. The van der Waals surface area contributed by atoms with E-state index in [0.717, 1.165) is 31.9 Å². The minimum absolute atomic E-state index is 0.156. The number of carbonyl (C=O) groups excluding carboxylic acids is 1. The van der Waals surface area contributed by atoms with Gasteiger partial charge in [0.15, 0.2) is 29.0 Å². The fourth-order valence-electron chi connectivity index (χ4n) is 5.73. The molecule has 17 heteroatoms. The molecule has 5 rings (SSSR count). The summed E-state index contributed by atoms with van der Waals surface area (Å²) in [5.74, 6) is -0.904. The standard InChI is InChI=1S/C37H50F2N7O7P/c1-36(2,3)52-54(48,53-37(4,5)6)51-18-16-46(25-11-8-12-25)15-10-17-50-31-22-29-26(21-30(31)49-7)35(41-23-40-29)43-32-19-24(44-45-32)20-33(47)42-28-14-9-13-27(38)34(28)39/h9,13-14,19,21-23,25H,8,10-12,15-18,20H2,1-7H3,(H,42,47)(H2,40,41,43,44,45). The Bertz CT molecular complexity index is 1930. The summed E-state index contributed by atoms with van der Waals surface area (Å²) in [7, 11) is -2.25. The highest BCUT2D eigenvalue weighted by atomic mass is 31.2. The fourth-order valence-corrected chi connectivity index (χ4v) is 7.52. The molecule has 0 bridgehead atoms. The number of halogens is 2. The van der Waals surface area contributed by atoms with Crippen LogP contribution in [0.5, 0.6) is 11.5 Å². The van der Waals surface area contributed by atoms with E-state index >= 15 is 0 Å². The van der Waals surface area contributed by atoms with E-state index in [-0.39, 0.29) is 18.7 Å². The highest BCUT2D eigenvalue weighted by molar-refractivity contribution is 7.48. The van der Waals surface area contributed by atoms with Crippen LogP contribution < -0.4 is 20.1 Å². The molecule has 1 fully saturated rings. The Hall–Kier alpha value is -4.21. The van der Waals surface area contributed by atoms with Crippen molar-refractivity contribution < 1.29 is 41.2 Å². The van der Waals surface area contributed by atoms with Crippen LogP contribution in [0.2, 0.25) is 0 Å². The predicted octanol–water partition coefficient (Wildman–Crippen LogP) is 7.94. The molecule has 0 unspecified atom stereocenters. The lowest BCUT2D eigenvalue weighted by molar-refractivity contribution is -0.115. The van der Waals surface area contributed by atoms with Crippen molar-refractivity contribution in [3.05, 3.63) is 60.1 Å². The summed E-state index contributed by atoms with van der Waals surface area (Å²) in [6.45, 7) is 12.8. The number of amides is 1. The Kier molecular flexibility index (Phi) is 13.3. The number of fused-ring (bicyclic) bond motifs is 1. The number of nitrogens with one attached hydrogen (secondary N) is 3. The molecule has 1 saturated carbocycles. The minimum Gasteiger partial charge on any atom is -0.493 e. The van der Waals surface area contributed by atoms with Gasteiger partial charge in [0.25, 0.3) is 0 Å². The molecular formula is C37H50F2N7O7P. The Morgan fingerprint density at radius 3 is 2.41 bits per heavy atom. The van der Waals surface area contributed by atoms with Gasteiger partial charge in [0.1, 0.15) is 12.1 Å². The lowest BCUT2D eigenvalue weighted by Gasteiger charge is -2.38. The summed E-state index contributed by atoms with van der Waals surface area (Å²) in [6.07, 6.45) is 5.33. The molecule has 0 radical (unpaired) electrons. The van der Waals surface area contributed by atoms with Gasteiger partial charge >= 0.3 is 7.82 Å². The summed E-state index contributed by atoms with van der Waals surface area (Å²) in [4.78, 5) is 23.6. The van der Waals surface area contributed by atoms with E-state index in [1.54, 1.807) is 25.3 Å². The van der Waals surface area contributed by atoms with Gasteiger partial charge in [0.2, 0.25) is 5.91 Å². The number of benzene rings is 2. The maximum Gasteiger partial charge on any atom is 0.475 e. The van der Waals surface area contributed by atoms with E-state index in [1.165, 1.54) is 24.9 Å². The van der Waals surface area contributed by atoms with Crippen molar-refractivity contribution in [2.45, 2.75) is 90.9 Å². The van der Waals surface area contributed by atoms with E-state index < -0.39 is 36.6 Å². The third-order valence-electron chi connectivity index (χ3n) is 8.21. The number of aromatic amines is 1. The minimum atomic E-state index is -3.80. The molecular weight excluding hydrogens is 723 g/mol. The van der Waals surface area contributed by atoms with Gasteiger partial charge in [0.05, 0.1) is 49.2 Å². The van der Waals surface area contributed by atoms with Gasteiger partial charge in [0, 0.05) is 42.3 Å². The number of H-pyrrole nitrogens is 1. The van der Waals surface area contributed by atoms with E-state index in [0.29, 0.717) is 58.9 Å². The molecule has 14 nitrogen and oxygen atoms in total. The summed E-state index contributed by atoms with van der Waals surface area (Å²) in [6, 6.07) is 9.15. The molecule has 2 aromatic carbocycles. The number of phosphoric ester groups is 1. The first-order chi connectivity index (χ1) is 25.5. The number of hydrogen-bond donors (Lipinski definition) is 3. The number of carbonyl (C=O) groups is 1. The van der Waals surface area contributed by atoms with Crippen molar-refractivity contribution in [2.75, 3.05) is 44.0 Å². The molecule has 4 aromatic rings. The molecule has 2 heterocycles. The molecule has 0 atom stereocenters. The van der Waals surface area contributed by atoms with Crippen molar-refractivity contribution >= 4 is 42.0 Å². The number of phosphoric acid groups is 1. The Balaban J connectivity index is 1.17. The molecule has 0 spiro atoms. The largest absolute Gasteiger partial charge is 0.493 e.